The van der Waals surface area contributed by atoms with Crippen LogP contribution < -0.4 is 19.7 Å². The van der Waals surface area contributed by atoms with Gasteiger partial charge >= 0.3 is 6.18 Å². The van der Waals surface area contributed by atoms with Crippen molar-refractivity contribution in [3.05, 3.63) is 119 Å². The minimum atomic E-state index is -4.57. The molecule has 0 bridgehead atoms. The molecule has 1 aliphatic heterocycles. The second-order valence-electron chi connectivity index (χ2n) is 9.22. The molecule has 9 heteroatoms. The molecule has 6 nitrogen and oxygen atoms in total. The van der Waals surface area contributed by atoms with Gasteiger partial charge in [-0.05, 0) is 71.8 Å². The number of nitrogens with zero attached hydrogens (tertiary/aromatic N) is 1. The first-order chi connectivity index (χ1) is 19.2. The van der Waals surface area contributed by atoms with Gasteiger partial charge in [-0.15, -0.1) is 0 Å². The lowest BCUT2D eigenvalue weighted by Gasteiger charge is -2.42. The molecule has 0 saturated carbocycles. The Kier molecular flexibility index (Phi) is 7.21. The van der Waals surface area contributed by atoms with Gasteiger partial charge < -0.3 is 14.8 Å². The molecule has 5 rings (SSSR count). The number of halogens is 3. The average Bonchev–Trinajstić information content (AvgIpc) is 2.97. The summed E-state index contributed by atoms with van der Waals surface area (Å²) in [5, 5.41) is 2.67. The number of carbonyl (C=O) groups is 2. The summed E-state index contributed by atoms with van der Waals surface area (Å²) in [7, 11) is 3.07. The lowest BCUT2D eigenvalue weighted by molar-refractivity contribution is -0.137. The fourth-order valence-corrected chi connectivity index (χ4v) is 4.98. The van der Waals surface area contributed by atoms with Gasteiger partial charge in [-0.2, -0.15) is 13.2 Å². The number of hydrogen-bond acceptors (Lipinski definition) is 4. The molecule has 40 heavy (non-hydrogen) atoms. The predicted molar refractivity (Wildman–Crippen MR) is 145 cm³/mol. The monoisotopic (exact) mass is 546 g/mol. The molecule has 0 spiro atoms. The van der Waals surface area contributed by atoms with Crippen LogP contribution in [0.3, 0.4) is 0 Å². The smallest absolute Gasteiger partial charge is 0.416 e. The van der Waals surface area contributed by atoms with Crippen LogP contribution in [0.4, 0.5) is 24.5 Å². The quantitative estimate of drug-likeness (QED) is 0.287. The van der Waals surface area contributed by atoms with Crippen LogP contribution in [0.25, 0.3) is 0 Å². The number of rotatable bonds is 6. The second kappa shape index (κ2) is 10.8. The number of nitrogens with one attached hydrogen (secondary N) is 1. The highest BCUT2D eigenvalue weighted by Crippen LogP contribution is 2.46. The van der Waals surface area contributed by atoms with Crippen molar-refractivity contribution in [2.75, 3.05) is 24.4 Å². The minimum absolute atomic E-state index is 0.00122. The van der Waals surface area contributed by atoms with Gasteiger partial charge in [0.1, 0.15) is 11.5 Å². The molecular weight excluding hydrogens is 521 g/mol. The zero-order chi connectivity index (χ0) is 28.4. The number of alkyl halides is 3. The average molecular weight is 547 g/mol. The molecule has 0 radical (unpaired) electrons. The first-order valence-electron chi connectivity index (χ1n) is 12.4. The molecule has 1 N–H and O–H groups in total. The third kappa shape index (κ3) is 5.10. The third-order valence-electron chi connectivity index (χ3n) is 6.89. The van der Waals surface area contributed by atoms with Crippen molar-refractivity contribution in [1.29, 1.82) is 0 Å². The summed E-state index contributed by atoms with van der Waals surface area (Å²) >= 11 is 0. The zero-order valence-corrected chi connectivity index (χ0v) is 21.6. The lowest BCUT2D eigenvalue weighted by atomic mass is 9.78. The second-order valence-corrected chi connectivity index (χ2v) is 9.22. The fourth-order valence-electron chi connectivity index (χ4n) is 4.98. The SMILES string of the molecule is COc1ccc(C2C(C(=O)Nc3cccc(C(F)(F)F)c3)c3ccccc3C(=O)N2c2ccc(OC)cc2)cc1. The van der Waals surface area contributed by atoms with Gasteiger partial charge in [0.2, 0.25) is 5.91 Å². The van der Waals surface area contributed by atoms with Gasteiger partial charge in [-0.3, -0.25) is 14.5 Å². The summed E-state index contributed by atoms with van der Waals surface area (Å²) in [6.45, 7) is 0. The van der Waals surface area contributed by atoms with E-state index in [0.29, 0.717) is 33.9 Å². The Balaban J connectivity index is 1.66. The first-order valence-corrected chi connectivity index (χ1v) is 12.4. The lowest BCUT2D eigenvalue weighted by Crippen LogP contribution is -2.46. The number of methoxy groups -OCH3 is 2. The highest BCUT2D eigenvalue weighted by molar-refractivity contribution is 6.12. The molecule has 2 atom stereocenters. The normalized spacial score (nSPS) is 16.7. The Bertz CT molecular complexity index is 1540. The van der Waals surface area contributed by atoms with Crippen LogP contribution in [-0.4, -0.2) is 26.0 Å². The molecular formula is C31H25F3N2O4. The predicted octanol–water partition coefficient (Wildman–Crippen LogP) is 6.85. The Labute approximate surface area is 229 Å². The highest BCUT2D eigenvalue weighted by Gasteiger charge is 2.45. The summed E-state index contributed by atoms with van der Waals surface area (Å²) in [6.07, 6.45) is -4.57. The molecule has 0 fully saturated rings. The molecule has 204 valence electrons. The first kappa shape index (κ1) is 26.8. The number of amides is 2. The molecule has 0 aliphatic carbocycles. The summed E-state index contributed by atoms with van der Waals surface area (Å²) in [6, 6.07) is 24.3. The zero-order valence-electron chi connectivity index (χ0n) is 21.6. The third-order valence-corrected chi connectivity index (χ3v) is 6.89. The van der Waals surface area contributed by atoms with Crippen molar-refractivity contribution in [2.45, 2.75) is 18.1 Å². The topological polar surface area (TPSA) is 67.9 Å². The van der Waals surface area contributed by atoms with Gasteiger partial charge in [0, 0.05) is 16.9 Å². The van der Waals surface area contributed by atoms with E-state index in [9.17, 15) is 22.8 Å². The number of carbonyl (C=O) groups excluding carboxylic acids is 2. The van der Waals surface area contributed by atoms with E-state index in [-0.39, 0.29) is 11.6 Å². The summed E-state index contributed by atoms with van der Waals surface area (Å²) in [4.78, 5) is 29.5. The van der Waals surface area contributed by atoms with E-state index in [2.05, 4.69) is 5.32 Å². The number of anilines is 2. The summed E-state index contributed by atoms with van der Waals surface area (Å²) < 4.78 is 50.7. The highest BCUT2D eigenvalue weighted by atomic mass is 19.4. The summed E-state index contributed by atoms with van der Waals surface area (Å²) in [5.41, 5.74) is 1.09. The van der Waals surface area contributed by atoms with Crippen molar-refractivity contribution < 1.29 is 32.2 Å². The molecule has 1 aliphatic rings. The van der Waals surface area contributed by atoms with Crippen LogP contribution in [0, 0.1) is 0 Å². The van der Waals surface area contributed by atoms with Crippen molar-refractivity contribution >= 4 is 23.2 Å². The van der Waals surface area contributed by atoms with Gasteiger partial charge in [0.25, 0.3) is 5.91 Å². The standard InChI is InChI=1S/C31H25F3N2O4/c1-39-23-14-10-19(11-15-23)28-27(29(37)35-21-7-5-6-20(18-21)31(32,33)34)25-8-3-4-9-26(25)30(38)36(28)22-12-16-24(40-2)17-13-22/h3-18,27-28H,1-2H3,(H,35,37). The minimum Gasteiger partial charge on any atom is -0.497 e. The number of hydrogen-bond donors (Lipinski definition) is 1. The molecule has 2 amide bonds. The maximum absolute atomic E-state index is 14.0. The molecule has 2 unspecified atom stereocenters. The van der Waals surface area contributed by atoms with Gasteiger partial charge in [-0.25, -0.2) is 0 Å². The maximum atomic E-state index is 14.0. The number of benzene rings is 4. The van der Waals surface area contributed by atoms with E-state index in [4.69, 9.17) is 9.47 Å². The molecule has 0 aromatic heterocycles. The van der Waals surface area contributed by atoms with Crippen LogP contribution in [0.5, 0.6) is 11.5 Å². The van der Waals surface area contributed by atoms with Crippen LogP contribution in [-0.2, 0) is 11.0 Å². The Morgan fingerprint density at radius 3 is 2.08 bits per heavy atom. The largest absolute Gasteiger partial charge is 0.497 e. The van der Waals surface area contributed by atoms with E-state index < -0.39 is 29.6 Å². The van der Waals surface area contributed by atoms with Crippen molar-refractivity contribution in [1.82, 2.24) is 0 Å². The summed E-state index contributed by atoms with van der Waals surface area (Å²) in [5.74, 6) is -0.650. The number of ether oxygens (including phenoxy) is 2. The van der Waals surface area contributed by atoms with Gasteiger partial charge in [0.05, 0.1) is 31.7 Å². The van der Waals surface area contributed by atoms with Gasteiger partial charge in [-0.1, -0.05) is 36.4 Å². The number of fused-ring (bicyclic) bond motifs is 1. The molecule has 4 aromatic rings. The van der Waals surface area contributed by atoms with Crippen molar-refractivity contribution in [2.24, 2.45) is 0 Å². The Hall–Kier alpha value is -4.79. The van der Waals surface area contributed by atoms with Crippen LogP contribution in [0.1, 0.15) is 39.0 Å². The Morgan fingerprint density at radius 2 is 1.45 bits per heavy atom. The van der Waals surface area contributed by atoms with Crippen LogP contribution in [0.15, 0.2) is 97.1 Å². The Morgan fingerprint density at radius 1 is 0.825 bits per heavy atom. The van der Waals surface area contributed by atoms with Gasteiger partial charge in [0.15, 0.2) is 0 Å². The van der Waals surface area contributed by atoms with E-state index in [1.54, 1.807) is 77.7 Å². The molecule has 1 heterocycles. The fraction of sp³-hybridized carbons (Fsp3) is 0.161. The molecule has 0 saturated heterocycles. The van der Waals surface area contributed by atoms with Crippen LogP contribution in [0.2, 0.25) is 0 Å². The van der Waals surface area contributed by atoms with E-state index in [1.807, 2.05) is 0 Å². The van der Waals surface area contributed by atoms with E-state index in [0.717, 1.165) is 12.1 Å². The maximum Gasteiger partial charge on any atom is 0.416 e. The van der Waals surface area contributed by atoms with E-state index >= 15 is 0 Å². The van der Waals surface area contributed by atoms with Crippen LogP contribution >= 0.6 is 0 Å². The van der Waals surface area contributed by atoms with Crippen molar-refractivity contribution in [3.63, 3.8) is 0 Å². The molecule has 4 aromatic carbocycles. The van der Waals surface area contributed by atoms with Crippen molar-refractivity contribution in [3.8, 4) is 11.5 Å². The van der Waals surface area contributed by atoms with E-state index in [1.165, 1.54) is 26.4 Å².